The zero-order valence-electron chi connectivity index (χ0n) is 10.1. The van der Waals surface area contributed by atoms with E-state index in [-0.39, 0.29) is 0 Å². The Morgan fingerprint density at radius 3 is 2.36 bits per heavy atom. The summed E-state index contributed by atoms with van der Waals surface area (Å²) in [5, 5.41) is 8.77. The van der Waals surface area contributed by atoms with Crippen molar-refractivity contribution in [2.45, 2.75) is 53.0 Å². The molecule has 0 bridgehead atoms. The Labute approximate surface area is 88.9 Å². The average molecular weight is 196 g/mol. The Morgan fingerprint density at radius 2 is 1.86 bits per heavy atom. The molecule has 1 saturated heterocycles. The van der Waals surface area contributed by atoms with Crippen LogP contribution in [0.2, 0.25) is 0 Å². The van der Waals surface area contributed by atoms with E-state index in [0.717, 1.165) is 19.4 Å². The van der Waals surface area contributed by atoms with Gasteiger partial charge in [0.1, 0.15) is 0 Å². The molecule has 0 N–H and O–H groups in total. The lowest BCUT2D eigenvalue weighted by Gasteiger charge is -2.23. The molecule has 0 aromatic heterocycles. The predicted octanol–water partition coefficient (Wildman–Crippen LogP) is 3.05. The fourth-order valence-electron chi connectivity index (χ4n) is 1.76. The minimum absolute atomic E-state index is 0.314. The number of nitriles is 1. The predicted molar refractivity (Wildman–Crippen MR) is 61.0 cm³/mol. The summed E-state index contributed by atoms with van der Waals surface area (Å²) in [5.41, 5.74) is 0. The van der Waals surface area contributed by atoms with Crippen molar-refractivity contribution in [2.75, 3.05) is 13.1 Å². The Balaban J connectivity index is 0.000000791. The molecule has 1 aliphatic rings. The SMILES string of the molecule is CC.CC(C)N1CCCC(C#N)CC1. The van der Waals surface area contributed by atoms with Gasteiger partial charge in [0, 0.05) is 12.0 Å². The van der Waals surface area contributed by atoms with Crippen LogP contribution in [0.4, 0.5) is 0 Å². The molecule has 0 amide bonds. The van der Waals surface area contributed by atoms with Gasteiger partial charge in [-0.3, -0.25) is 0 Å². The summed E-state index contributed by atoms with van der Waals surface area (Å²) in [4.78, 5) is 2.47. The normalized spacial score (nSPS) is 23.3. The van der Waals surface area contributed by atoms with Gasteiger partial charge in [0.2, 0.25) is 0 Å². The third kappa shape index (κ3) is 4.62. The van der Waals surface area contributed by atoms with E-state index in [0.29, 0.717) is 12.0 Å². The summed E-state index contributed by atoms with van der Waals surface area (Å²) in [6.45, 7) is 10.7. The number of likely N-dealkylation sites (tertiary alicyclic amines) is 1. The maximum absolute atomic E-state index is 8.77. The van der Waals surface area contributed by atoms with Crippen molar-refractivity contribution in [3.63, 3.8) is 0 Å². The molecule has 14 heavy (non-hydrogen) atoms. The van der Waals surface area contributed by atoms with E-state index >= 15 is 0 Å². The monoisotopic (exact) mass is 196 g/mol. The lowest BCUT2D eigenvalue weighted by atomic mass is 10.0. The molecule has 0 saturated carbocycles. The zero-order chi connectivity index (χ0) is 11.0. The van der Waals surface area contributed by atoms with E-state index in [4.69, 9.17) is 5.26 Å². The molecule has 1 heterocycles. The molecule has 0 aliphatic carbocycles. The van der Waals surface area contributed by atoms with E-state index in [9.17, 15) is 0 Å². The fourth-order valence-corrected chi connectivity index (χ4v) is 1.76. The number of hydrogen-bond acceptors (Lipinski definition) is 2. The third-order valence-corrected chi connectivity index (χ3v) is 2.68. The summed E-state index contributed by atoms with van der Waals surface area (Å²) < 4.78 is 0. The molecule has 1 atom stereocenters. The highest BCUT2D eigenvalue weighted by Gasteiger charge is 2.17. The smallest absolute Gasteiger partial charge is 0.0656 e. The molecule has 2 nitrogen and oxygen atoms in total. The standard InChI is InChI=1S/C10H18N2.C2H6/c1-9(2)12-6-3-4-10(8-11)5-7-12;1-2/h9-10H,3-7H2,1-2H3;1-2H3. The largest absolute Gasteiger partial charge is 0.301 e. The average Bonchev–Trinajstić information content (AvgIpc) is 2.45. The van der Waals surface area contributed by atoms with Crippen molar-refractivity contribution in [3.05, 3.63) is 0 Å². The molecule has 1 fully saturated rings. The number of nitrogens with zero attached hydrogens (tertiary/aromatic N) is 2. The quantitative estimate of drug-likeness (QED) is 0.644. The van der Waals surface area contributed by atoms with Crippen molar-refractivity contribution in [3.8, 4) is 6.07 Å². The molecule has 0 radical (unpaired) electrons. The van der Waals surface area contributed by atoms with Crippen LogP contribution in [0, 0.1) is 17.2 Å². The molecule has 82 valence electrons. The third-order valence-electron chi connectivity index (χ3n) is 2.68. The molecular weight excluding hydrogens is 172 g/mol. The highest BCUT2D eigenvalue weighted by molar-refractivity contribution is 4.86. The fraction of sp³-hybridized carbons (Fsp3) is 0.917. The minimum Gasteiger partial charge on any atom is -0.301 e. The second-order valence-corrected chi connectivity index (χ2v) is 3.89. The Bertz CT molecular complexity index is 170. The molecule has 2 heteroatoms. The van der Waals surface area contributed by atoms with Gasteiger partial charge in [-0.05, 0) is 46.2 Å². The van der Waals surface area contributed by atoms with Gasteiger partial charge in [0.15, 0.2) is 0 Å². The van der Waals surface area contributed by atoms with E-state index in [1.807, 2.05) is 13.8 Å². The van der Waals surface area contributed by atoms with Gasteiger partial charge < -0.3 is 4.90 Å². The van der Waals surface area contributed by atoms with Crippen LogP contribution in [-0.4, -0.2) is 24.0 Å². The first-order valence-corrected chi connectivity index (χ1v) is 5.87. The zero-order valence-corrected chi connectivity index (χ0v) is 10.1. The molecule has 1 unspecified atom stereocenters. The van der Waals surface area contributed by atoms with E-state index in [2.05, 4.69) is 24.8 Å². The van der Waals surface area contributed by atoms with Crippen molar-refractivity contribution in [1.29, 1.82) is 5.26 Å². The Kier molecular flexibility index (Phi) is 7.51. The maximum atomic E-state index is 8.77. The molecule has 0 spiro atoms. The van der Waals surface area contributed by atoms with Crippen LogP contribution in [0.25, 0.3) is 0 Å². The molecular formula is C12H24N2. The van der Waals surface area contributed by atoms with Crippen molar-refractivity contribution >= 4 is 0 Å². The molecule has 1 rings (SSSR count). The van der Waals surface area contributed by atoms with Crippen molar-refractivity contribution < 1.29 is 0 Å². The summed E-state index contributed by atoms with van der Waals surface area (Å²) >= 11 is 0. The first-order valence-electron chi connectivity index (χ1n) is 5.87. The van der Waals surface area contributed by atoms with Crippen LogP contribution in [-0.2, 0) is 0 Å². The van der Waals surface area contributed by atoms with Crippen LogP contribution < -0.4 is 0 Å². The van der Waals surface area contributed by atoms with Crippen LogP contribution in [0.1, 0.15) is 47.0 Å². The van der Waals surface area contributed by atoms with E-state index < -0.39 is 0 Å². The van der Waals surface area contributed by atoms with Gasteiger partial charge in [-0.1, -0.05) is 13.8 Å². The minimum atomic E-state index is 0.314. The second-order valence-electron chi connectivity index (χ2n) is 3.89. The van der Waals surface area contributed by atoms with Gasteiger partial charge in [0.25, 0.3) is 0 Å². The molecule has 0 aromatic carbocycles. The number of rotatable bonds is 1. The topological polar surface area (TPSA) is 27.0 Å². The van der Waals surface area contributed by atoms with Crippen molar-refractivity contribution in [1.82, 2.24) is 4.90 Å². The van der Waals surface area contributed by atoms with Crippen LogP contribution in [0.3, 0.4) is 0 Å². The van der Waals surface area contributed by atoms with Crippen molar-refractivity contribution in [2.24, 2.45) is 5.92 Å². The van der Waals surface area contributed by atoms with Gasteiger partial charge >= 0.3 is 0 Å². The summed E-state index contributed by atoms with van der Waals surface area (Å²) in [7, 11) is 0. The van der Waals surface area contributed by atoms with Gasteiger partial charge in [-0.2, -0.15) is 5.26 Å². The Morgan fingerprint density at radius 1 is 1.21 bits per heavy atom. The highest BCUT2D eigenvalue weighted by Crippen LogP contribution is 2.17. The van der Waals surface area contributed by atoms with E-state index in [1.54, 1.807) is 0 Å². The first kappa shape index (κ1) is 13.4. The molecule has 1 aliphatic heterocycles. The van der Waals surface area contributed by atoms with Gasteiger partial charge in [-0.15, -0.1) is 0 Å². The molecule has 0 aromatic rings. The van der Waals surface area contributed by atoms with Gasteiger partial charge in [0.05, 0.1) is 6.07 Å². The lowest BCUT2D eigenvalue weighted by molar-refractivity contribution is 0.229. The Hall–Kier alpha value is -0.550. The number of hydrogen-bond donors (Lipinski definition) is 0. The second kappa shape index (κ2) is 7.82. The lowest BCUT2D eigenvalue weighted by Crippen LogP contribution is -2.31. The maximum Gasteiger partial charge on any atom is 0.0656 e. The van der Waals surface area contributed by atoms with Gasteiger partial charge in [-0.25, -0.2) is 0 Å². The summed E-state index contributed by atoms with van der Waals surface area (Å²) in [5.74, 6) is 0.314. The van der Waals surface area contributed by atoms with Crippen LogP contribution in [0.5, 0.6) is 0 Å². The first-order chi connectivity index (χ1) is 6.74. The summed E-state index contributed by atoms with van der Waals surface area (Å²) in [6, 6.07) is 3.02. The van der Waals surface area contributed by atoms with Crippen LogP contribution >= 0.6 is 0 Å². The van der Waals surface area contributed by atoms with Crippen LogP contribution in [0.15, 0.2) is 0 Å². The summed E-state index contributed by atoms with van der Waals surface area (Å²) in [6.07, 6.45) is 3.35. The highest BCUT2D eigenvalue weighted by atomic mass is 15.1. The van der Waals surface area contributed by atoms with E-state index in [1.165, 1.54) is 13.0 Å².